The first-order valence-corrected chi connectivity index (χ1v) is 7.83. The van der Waals surface area contributed by atoms with E-state index < -0.39 is 5.38 Å². The first kappa shape index (κ1) is 16.3. The summed E-state index contributed by atoms with van der Waals surface area (Å²) in [6, 6.07) is 6.67. The summed E-state index contributed by atoms with van der Waals surface area (Å²) >= 11 is 10.2. The molecule has 0 bridgehead atoms. The Bertz CT molecular complexity index is 685. The smallest absolute Gasteiger partial charge is 0.127 e. The van der Waals surface area contributed by atoms with Gasteiger partial charge in [-0.1, -0.05) is 22.0 Å². The molecule has 2 aromatic rings. The normalized spacial score (nSPS) is 12.3. The SMILES string of the molecule is COc1c(C)cc(Br)c(C)c1C(Cl)c1cc(F)ccc1C. The first-order chi connectivity index (χ1) is 9.86. The average molecular weight is 372 g/mol. The number of rotatable bonds is 3. The summed E-state index contributed by atoms with van der Waals surface area (Å²) in [5.74, 6) is 0.462. The summed E-state index contributed by atoms with van der Waals surface area (Å²) in [6.45, 7) is 5.87. The highest BCUT2D eigenvalue weighted by Crippen LogP contribution is 2.42. The van der Waals surface area contributed by atoms with Gasteiger partial charge < -0.3 is 4.74 Å². The van der Waals surface area contributed by atoms with Crippen molar-refractivity contribution >= 4 is 27.5 Å². The monoisotopic (exact) mass is 370 g/mol. The first-order valence-electron chi connectivity index (χ1n) is 6.60. The molecule has 0 aliphatic heterocycles. The molecule has 0 fully saturated rings. The number of hydrogen-bond donors (Lipinski definition) is 0. The molecule has 1 nitrogen and oxygen atoms in total. The Kier molecular flexibility index (Phi) is 4.95. The van der Waals surface area contributed by atoms with Gasteiger partial charge in [0.25, 0.3) is 0 Å². The molecule has 0 aliphatic rings. The van der Waals surface area contributed by atoms with E-state index in [1.54, 1.807) is 13.2 Å². The molecule has 2 aromatic carbocycles. The number of benzene rings is 2. The molecule has 0 N–H and O–H groups in total. The van der Waals surface area contributed by atoms with E-state index in [0.29, 0.717) is 0 Å². The summed E-state index contributed by atoms with van der Waals surface area (Å²) in [4.78, 5) is 0. The van der Waals surface area contributed by atoms with E-state index in [-0.39, 0.29) is 5.82 Å². The van der Waals surface area contributed by atoms with Crippen molar-refractivity contribution in [2.75, 3.05) is 7.11 Å². The van der Waals surface area contributed by atoms with Crippen LogP contribution in [0.4, 0.5) is 4.39 Å². The third-order valence-electron chi connectivity index (χ3n) is 3.68. The van der Waals surface area contributed by atoms with Crippen LogP contribution in [0.1, 0.15) is 33.2 Å². The van der Waals surface area contributed by atoms with Crippen molar-refractivity contribution in [3.8, 4) is 5.75 Å². The molecular weight excluding hydrogens is 355 g/mol. The zero-order chi connectivity index (χ0) is 15.7. The lowest BCUT2D eigenvalue weighted by Crippen LogP contribution is -2.05. The summed E-state index contributed by atoms with van der Waals surface area (Å²) in [7, 11) is 1.63. The lowest BCUT2D eigenvalue weighted by atomic mass is 9.94. The summed E-state index contributed by atoms with van der Waals surface area (Å²) in [6.07, 6.45) is 0. The third-order valence-corrected chi connectivity index (χ3v) is 4.96. The van der Waals surface area contributed by atoms with Crippen molar-refractivity contribution in [1.82, 2.24) is 0 Å². The molecule has 2 rings (SSSR count). The van der Waals surface area contributed by atoms with E-state index in [9.17, 15) is 4.39 Å². The predicted octanol–water partition coefficient (Wildman–Crippen LogP) is 5.85. The molecular formula is C17H17BrClFO. The number of ether oxygens (including phenoxy) is 1. The van der Waals surface area contributed by atoms with Gasteiger partial charge in [-0.3, -0.25) is 0 Å². The lowest BCUT2D eigenvalue weighted by molar-refractivity contribution is 0.406. The molecule has 4 heteroatoms. The van der Waals surface area contributed by atoms with Crippen LogP contribution in [0.15, 0.2) is 28.7 Å². The van der Waals surface area contributed by atoms with Crippen molar-refractivity contribution in [2.24, 2.45) is 0 Å². The minimum absolute atomic E-state index is 0.287. The Hall–Kier alpha value is -1.06. The fourth-order valence-electron chi connectivity index (χ4n) is 2.49. The van der Waals surface area contributed by atoms with Crippen LogP contribution in [0, 0.1) is 26.6 Å². The standard InChI is InChI=1S/C17H17BrClFO/c1-9-5-6-12(20)8-13(9)16(19)15-11(3)14(18)7-10(2)17(15)21-4/h5-8,16H,1-4H3. The summed E-state index contributed by atoms with van der Waals surface area (Å²) < 4.78 is 20.1. The van der Waals surface area contributed by atoms with Crippen molar-refractivity contribution in [3.05, 3.63) is 62.4 Å². The Labute approximate surface area is 138 Å². The number of methoxy groups -OCH3 is 1. The van der Waals surface area contributed by atoms with E-state index in [1.807, 2.05) is 26.8 Å². The summed E-state index contributed by atoms with van der Waals surface area (Å²) in [5.41, 5.74) is 4.58. The largest absolute Gasteiger partial charge is 0.496 e. The summed E-state index contributed by atoms with van der Waals surface area (Å²) in [5, 5.41) is -0.466. The van der Waals surface area contributed by atoms with Crippen LogP contribution in [0.3, 0.4) is 0 Å². The highest BCUT2D eigenvalue weighted by atomic mass is 79.9. The van der Waals surface area contributed by atoms with E-state index in [4.69, 9.17) is 16.3 Å². The zero-order valence-electron chi connectivity index (χ0n) is 12.4. The minimum Gasteiger partial charge on any atom is -0.496 e. The van der Waals surface area contributed by atoms with Gasteiger partial charge in [-0.05, 0) is 61.2 Å². The third kappa shape index (κ3) is 3.09. The predicted molar refractivity (Wildman–Crippen MR) is 89.0 cm³/mol. The molecule has 0 saturated heterocycles. The lowest BCUT2D eigenvalue weighted by Gasteiger charge is -2.21. The molecule has 0 aromatic heterocycles. The minimum atomic E-state index is -0.466. The zero-order valence-corrected chi connectivity index (χ0v) is 14.8. The Morgan fingerprint density at radius 1 is 1.14 bits per heavy atom. The van der Waals surface area contributed by atoms with Gasteiger partial charge in [-0.15, -0.1) is 11.6 Å². The van der Waals surface area contributed by atoms with Crippen molar-refractivity contribution < 1.29 is 9.13 Å². The van der Waals surface area contributed by atoms with Gasteiger partial charge >= 0.3 is 0 Å². The Morgan fingerprint density at radius 2 is 1.81 bits per heavy atom. The molecule has 0 saturated carbocycles. The van der Waals surface area contributed by atoms with Gasteiger partial charge in [0.1, 0.15) is 11.6 Å². The van der Waals surface area contributed by atoms with Crippen LogP contribution >= 0.6 is 27.5 Å². The van der Waals surface area contributed by atoms with Crippen molar-refractivity contribution in [3.63, 3.8) is 0 Å². The maximum Gasteiger partial charge on any atom is 0.127 e. The maximum absolute atomic E-state index is 13.6. The van der Waals surface area contributed by atoms with Crippen LogP contribution < -0.4 is 4.74 Å². The van der Waals surface area contributed by atoms with Crippen LogP contribution in [0.25, 0.3) is 0 Å². The maximum atomic E-state index is 13.6. The van der Waals surface area contributed by atoms with Crippen molar-refractivity contribution in [1.29, 1.82) is 0 Å². The molecule has 1 atom stereocenters. The Morgan fingerprint density at radius 3 is 2.43 bits per heavy atom. The van der Waals surface area contributed by atoms with E-state index >= 15 is 0 Å². The van der Waals surface area contributed by atoms with Gasteiger partial charge in [-0.25, -0.2) is 4.39 Å². The molecule has 0 radical (unpaired) electrons. The van der Waals surface area contributed by atoms with Gasteiger partial charge in [0.15, 0.2) is 0 Å². The van der Waals surface area contributed by atoms with Gasteiger partial charge in [0.05, 0.1) is 12.5 Å². The van der Waals surface area contributed by atoms with Crippen molar-refractivity contribution in [2.45, 2.75) is 26.1 Å². The second kappa shape index (κ2) is 6.37. The molecule has 1 unspecified atom stereocenters. The highest BCUT2D eigenvalue weighted by molar-refractivity contribution is 9.10. The van der Waals surface area contributed by atoms with Crippen LogP contribution in [-0.4, -0.2) is 7.11 Å². The van der Waals surface area contributed by atoms with E-state index in [0.717, 1.165) is 38.0 Å². The highest BCUT2D eigenvalue weighted by Gasteiger charge is 2.23. The number of alkyl halides is 1. The van der Waals surface area contributed by atoms with Crippen LogP contribution in [-0.2, 0) is 0 Å². The second-order valence-electron chi connectivity index (χ2n) is 5.11. The quantitative estimate of drug-likeness (QED) is 0.615. The molecule has 0 amide bonds. The molecule has 0 heterocycles. The molecule has 112 valence electrons. The van der Waals surface area contributed by atoms with E-state index in [1.165, 1.54) is 12.1 Å². The molecule has 0 aliphatic carbocycles. The van der Waals surface area contributed by atoms with Crippen LogP contribution in [0.2, 0.25) is 0 Å². The fraction of sp³-hybridized carbons (Fsp3) is 0.294. The number of hydrogen-bond acceptors (Lipinski definition) is 1. The van der Waals surface area contributed by atoms with Crippen LogP contribution in [0.5, 0.6) is 5.75 Å². The van der Waals surface area contributed by atoms with Gasteiger partial charge in [-0.2, -0.15) is 0 Å². The Balaban J connectivity index is 2.68. The number of aryl methyl sites for hydroxylation is 2. The topological polar surface area (TPSA) is 9.23 Å². The molecule has 0 spiro atoms. The van der Waals surface area contributed by atoms with Gasteiger partial charge in [0.2, 0.25) is 0 Å². The fourth-order valence-corrected chi connectivity index (χ4v) is 3.55. The average Bonchev–Trinajstić information content (AvgIpc) is 2.44. The van der Waals surface area contributed by atoms with E-state index in [2.05, 4.69) is 15.9 Å². The number of halogens is 3. The second-order valence-corrected chi connectivity index (χ2v) is 6.40. The molecule has 21 heavy (non-hydrogen) atoms. The van der Waals surface area contributed by atoms with Gasteiger partial charge in [0, 0.05) is 10.0 Å².